The van der Waals surface area contributed by atoms with Crippen LogP contribution in [0.4, 0.5) is 0 Å². The van der Waals surface area contributed by atoms with Crippen molar-refractivity contribution in [3.8, 4) is 17.2 Å². The molecule has 2 aromatic rings. The van der Waals surface area contributed by atoms with Gasteiger partial charge in [0.1, 0.15) is 30.0 Å². The van der Waals surface area contributed by atoms with E-state index in [1.807, 2.05) is 13.0 Å². The highest BCUT2D eigenvalue weighted by molar-refractivity contribution is 14.1. The summed E-state index contributed by atoms with van der Waals surface area (Å²) in [7, 11) is 1.55. The van der Waals surface area contributed by atoms with Crippen LogP contribution in [-0.2, 0) is 44.4 Å². The number of Topliss-reactive ketones (excluding diaryl/α,β-unsaturated/α-hetero) is 1. The van der Waals surface area contributed by atoms with Gasteiger partial charge in [0.05, 0.1) is 55.8 Å². The quantitative estimate of drug-likeness (QED) is 0.0659. The van der Waals surface area contributed by atoms with Crippen LogP contribution >= 0.6 is 22.6 Å². The van der Waals surface area contributed by atoms with Crippen LogP contribution in [0.3, 0.4) is 0 Å². The number of epoxide rings is 1. The summed E-state index contributed by atoms with van der Waals surface area (Å²) in [5.74, 6) is -3.10. The number of unbranched alkanes of at least 4 members (excludes halogenated alkanes) is 3. The van der Waals surface area contributed by atoms with E-state index in [0.717, 1.165) is 35.7 Å². The Labute approximate surface area is 338 Å². The lowest BCUT2D eigenvalue weighted by molar-refractivity contribution is -0.391. The zero-order chi connectivity index (χ0) is 39.2. The molecule has 0 amide bonds. The zero-order valence-electron chi connectivity index (χ0n) is 32.1. The largest absolute Gasteiger partial charge is 0.506 e. The first kappa shape index (κ1) is 39.1. The number of aliphatic hydroxyl groups is 2. The number of phenols is 1. The summed E-state index contributed by atoms with van der Waals surface area (Å²) in [5.41, 5.74) is -0.911. The fourth-order valence-electron chi connectivity index (χ4n) is 9.84. The Bertz CT molecular complexity index is 1920. The number of alkyl halides is 1. The number of aryl methyl sites for hydroxylation is 1. The predicted molar refractivity (Wildman–Crippen MR) is 205 cm³/mol. The standard InChI is InChI=1S/C40H50INO14/c1-20-17-24-30(31(45)29-23(32(24)47-4)11-9-12-25(29)43)33-28(20)34-35-39(54-33,37(19-50-37)40(55-34,56-35)36-48-14-10-15-49-36)53-27-18-26(44)38(46,22(3)52-27)21(2)42-51-16-8-6-5-7-13-41/h17,22,26-27,34-36,44-46H,5-16,18-19H2,1-4H3/b42-21+/t22?,26?,27?,34-,35-,37-,38?,39+,40-/m0/s1. The minimum Gasteiger partial charge on any atom is -0.506 e. The summed E-state index contributed by atoms with van der Waals surface area (Å²) < 4.78 is 59.9. The van der Waals surface area contributed by atoms with E-state index in [4.69, 9.17) is 47.5 Å². The van der Waals surface area contributed by atoms with Crippen molar-refractivity contribution in [2.75, 3.05) is 38.0 Å². The lowest BCUT2D eigenvalue weighted by Crippen LogP contribution is -2.72. The molecular weight excluding hydrogens is 845 g/mol. The van der Waals surface area contributed by atoms with Gasteiger partial charge in [-0.3, -0.25) is 4.79 Å². The molecule has 1 spiro atoms. The number of fused-ring (bicyclic) bond motifs is 8. The van der Waals surface area contributed by atoms with Crippen molar-refractivity contribution < 1.29 is 67.6 Å². The van der Waals surface area contributed by atoms with Crippen LogP contribution < -0.4 is 9.47 Å². The summed E-state index contributed by atoms with van der Waals surface area (Å²) in [6.45, 7) is 6.42. The molecule has 16 heteroatoms. The Morgan fingerprint density at radius 1 is 1.11 bits per heavy atom. The second-order valence-electron chi connectivity index (χ2n) is 15.9. The molecule has 306 valence electrons. The van der Waals surface area contributed by atoms with Crippen molar-refractivity contribution in [2.45, 2.75) is 138 Å². The Kier molecular flexibility index (Phi) is 10.1. The molecule has 56 heavy (non-hydrogen) atoms. The molecule has 15 nitrogen and oxygen atoms in total. The number of phenolic OH excluding ortho intramolecular Hbond substituents is 1. The highest BCUT2D eigenvalue weighted by Gasteiger charge is 2.94. The molecule has 5 fully saturated rings. The molecule has 6 aliphatic heterocycles. The number of methoxy groups -OCH3 is 1. The lowest BCUT2D eigenvalue weighted by atomic mass is 9.78. The van der Waals surface area contributed by atoms with Crippen molar-refractivity contribution in [1.82, 2.24) is 0 Å². The van der Waals surface area contributed by atoms with Crippen molar-refractivity contribution in [2.24, 2.45) is 5.16 Å². The summed E-state index contributed by atoms with van der Waals surface area (Å²) in [4.78, 5) is 18.9. The summed E-state index contributed by atoms with van der Waals surface area (Å²) in [5, 5.41) is 40.6. The van der Waals surface area contributed by atoms with Gasteiger partial charge < -0.3 is 62.8 Å². The van der Waals surface area contributed by atoms with Gasteiger partial charge in [0.2, 0.25) is 11.9 Å². The number of halogens is 1. The molecule has 2 aromatic carbocycles. The van der Waals surface area contributed by atoms with Gasteiger partial charge in [-0.05, 0) is 75.4 Å². The smallest absolute Gasteiger partial charge is 0.279 e. The summed E-state index contributed by atoms with van der Waals surface area (Å²) >= 11 is 2.37. The van der Waals surface area contributed by atoms with Gasteiger partial charge in [0, 0.05) is 29.4 Å². The molecule has 9 rings (SSSR count). The Balaban J connectivity index is 1.10. The number of ether oxygens (including phenoxy) is 9. The number of hydrogen-bond donors (Lipinski definition) is 3. The molecule has 2 bridgehead atoms. The van der Waals surface area contributed by atoms with Gasteiger partial charge >= 0.3 is 0 Å². The highest BCUT2D eigenvalue weighted by Crippen LogP contribution is 2.72. The number of nitrogens with zero attached hydrogens (tertiary/aromatic N) is 1. The number of carbonyl (C=O) groups excluding carboxylic acids is 1. The Morgan fingerprint density at radius 2 is 1.88 bits per heavy atom. The fraction of sp³-hybridized carbons (Fsp3) is 0.700. The van der Waals surface area contributed by atoms with E-state index < -0.39 is 59.8 Å². The van der Waals surface area contributed by atoms with E-state index in [1.54, 1.807) is 21.0 Å². The minimum absolute atomic E-state index is 0.0671. The first-order valence-corrected chi connectivity index (χ1v) is 21.3. The predicted octanol–water partition coefficient (Wildman–Crippen LogP) is 4.80. The Morgan fingerprint density at radius 3 is 2.59 bits per heavy atom. The van der Waals surface area contributed by atoms with Gasteiger partial charge in [-0.1, -0.05) is 34.2 Å². The molecule has 4 unspecified atom stereocenters. The second-order valence-corrected chi connectivity index (χ2v) is 17.0. The third kappa shape index (κ3) is 5.46. The summed E-state index contributed by atoms with van der Waals surface area (Å²) in [6, 6.07) is 1.91. The van der Waals surface area contributed by atoms with Gasteiger partial charge in [-0.2, -0.15) is 0 Å². The first-order chi connectivity index (χ1) is 27.0. The maximum absolute atomic E-state index is 13.4. The third-order valence-electron chi connectivity index (χ3n) is 12.7. The fourth-order valence-corrected chi connectivity index (χ4v) is 10.4. The van der Waals surface area contributed by atoms with Gasteiger partial charge in [-0.25, -0.2) is 0 Å². The molecule has 3 N–H and O–H groups in total. The Hall–Kier alpha value is -2.39. The van der Waals surface area contributed by atoms with E-state index in [1.165, 1.54) is 0 Å². The van der Waals surface area contributed by atoms with E-state index in [0.29, 0.717) is 67.8 Å². The zero-order valence-corrected chi connectivity index (χ0v) is 34.3. The lowest BCUT2D eigenvalue weighted by Gasteiger charge is -2.52. The topological polar surface area (TPSA) is 186 Å². The van der Waals surface area contributed by atoms with Crippen LogP contribution in [0, 0.1) is 6.92 Å². The number of oxime groups is 1. The van der Waals surface area contributed by atoms with Crippen LogP contribution in [0.15, 0.2) is 11.2 Å². The van der Waals surface area contributed by atoms with Crippen LogP contribution in [0.2, 0.25) is 0 Å². The van der Waals surface area contributed by atoms with Crippen molar-refractivity contribution in [3.63, 3.8) is 0 Å². The molecule has 0 aromatic heterocycles. The number of ketones is 1. The molecule has 1 aliphatic carbocycles. The van der Waals surface area contributed by atoms with Gasteiger partial charge in [0.15, 0.2) is 23.8 Å². The molecule has 5 saturated heterocycles. The molecule has 0 saturated carbocycles. The average molecular weight is 896 g/mol. The molecule has 0 radical (unpaired) electrons. The number of carbonyl (C=O) groups is 1. The number of aliphatic hydroxyl groups excluding tert-OH is 1. The normalized spacial score (nSPS) is 37.4. The second kappa shape index (κ2) is 14.4. The van der Waals surface area contributed by atoms with Crippen LogP contribution in [0.25, 0.3) is 10.8 Å². The minimum atomic E-state index is -1.88. The molecule has 9 atom stereocenters. The van der Waals surface area contributed by atoms with E-state index >= 15 is 0 Å². The van der Waals surface area contributed by atoms with Gasteiger partial charge in [0.25, 0.3) is 11.6 Å². The maximum atomic E-state index is 13.4. The van der Waals surface area contributed by atoms with Crippen molar-refractivity contribution in [1.29, 1.82) is 0 Å². The third-order valence-corrected chi connectivity index (χ3v) is 13.5. The highest BCUT2D eigenvalue weighted by atomic mass is 127. The molecule has 7 aliphatic rings. The number of rotatable bonds is 12. The van der Waals surface area contributed by atoms with E-state index in [-0.39, 0.29) is 47.0 Å². The van der Waals surface area contributed by atoms with Crippen molar-refractivity contribution in [3.05, 3.63) is 28.3 Å². The maximum Gasteiger partial charge on any atom is 0.279 e. The van der Waals surface area contributed by atoms with Gasteiger partial charge in [-0.15, -0.1) is 0 Å². The first-order valence-electron chi connectivity index (χ1n) is 19.8. The average Bonchev–Trinajstić information content (AvgIpc) is 3.85. The van der Waals surface area contributed by atoms with E-state index in [2.05, 4.69) is 27.7 Å². The molecule has 6 heterocycles. The number of benzene rings is 2. The monoisotopic (exact) mass is 895 g/mol. The molecular formula is C40H50INO14. The summed E-state index contributed by atoms with van der Waals surface area (Å²) in [6.07, 6.45) is -0.212. The van der Waals surface area contributed by atoms with Crippen molar-refractivity contribution >= 4 is 44.9 Å². The SMILES string of the molecule is COc1c2c(c(O)c3c4c(c(C)cc13)[C@@H]1O[C@@]3(C5OCCCO5)O[C@@H]1[C@@](OC1CC(O)C(O)(/C(C)=N/OCCCCCCI)C(C)O1)(O4)[C@@]31CO1)C(=O)CCC2. The van der Waals surface area contributed by atoms with Crippen LogP contribution in [0.1, 0.15) is 98.4 Å². The van der Waals surface area contributed by atoms with E-state index in [9.17, 15) is 20.1 Å². The number of hydrogen-bond acceptors (Lipinski definition) is 15. The van der Waals surface area contributed by atoms with Crippen LogP contribution in [0.5, 0.6) is 17.2 Å². The number of aromatic hydroxyl groups is 1. The van der Waals surface area contributed by atoms with Crippen LogP contribution in [-0.4, -0.2) is 118 Å².